The van der Waals surface area contributed by atoms with E-state index < -0.39 is 24.2 Å². The Kier molecular flexibility index (Phi) is 8.97. The molecule has 11 heteroatoms. The molecule has 1 heterocycles. The van der Waals surface area contributed by atoms with Crippen LogP contribution >= 0.6 is 22.6 Å². The monoisotopic (exact) mass is 679 g/mol. The molecule has 5 rings (SSSR count). The normalized spacial score (nSPS) is 13.3. The maximum Gasteiger partial charge on any atom is 0.412 e. The van der Waals surface area contributed by atoms with Gasteiger partial charge in [-0.3, -0.25) is 10.1 Å². The van der Waals surface area contributed by atoms with Crippen LogP contribution in [0.25, 0.3) is 0 Å². The smallest absolute Gasteiger partial charge is 0.412 e. The van der Waals surface area contributed by atoms with E-state index in [1.807, 2.05) is 6.07 Å². The number of aromatic hydroxyl groups is 1. The molecular weight excluding hydrogens is 653 g/mol. The molecule has 4 aromatic rings. The molecule has 214 valence electrons. The van der Waals surface area contributed by atoms with Crippen LogP contribution in [0.1, 0.15) is 11.7 Å². The van der Waals surface area contributed by atoms with Gasteiger partial charge in [-0.15, -0.1) is 0 Å². The Morgan fingerprint density at radius 2 is 1.69 bits per heavy atom. The van der Waals surface area contributed by atoms with Gasteiger partial charge in [0.1, 0.15) is 11.5 Å². The number of phenols is 1. The highest BCUT2D eigenvalue weighted by atomic mass is 127. The molecule has 2 atom stereocenters. The molecule has 5 N–H and O–H groups in total. The third-order valence-corrected chi connectivity index (χ3v) is 6.79. The summed E-state index contributed by atoms with van der Waals surface area (Å²) in [5.74, 6) is 0.901. The second-order valence-electron chi connectivity index (χ2n) is 9.05. The third kappa shape index (κ3) is 7.23. The van der Waals surface area contributed by atoms with Gasteiger partial charge in [0.15, 0.2) is 23.7 Å². The molecule has 0 bridgehead atoms. The maximum absolute atomic E-state index is 13.2. The van der Waals surface area contributed by atoms with Crippen molar-refractivity contribution in [3.8, 4) is 23.0 Å². The summed E-state index contributed by atoms with van der Waals surface area (Å²) < 4.78 is 23.6. The number of nitrogen functional groups attached to an aromatic ring is 1. The number of ether oxygens (including phenoxy) is 4. The molecule has 4 aromatic carbocycles. The molecule has 1 aliphatic rings. The van der Waals surface area contributed by atoms with Crippen molar-refractivity contribution in [1.29, 1.82) is 0 Å². The number of benzene rings is 4. The average molecular weight is 679 g/mol. The summed E-state index contributed by atoms with van der Waals surface area (Å²) in [7, 11) is 0. The molecule has 2 amide bonds. The fourth-order valence-corrected chi connectivity index (χ4v) is 4.64. The summed E-state index contributed by atoms with van der Waals surface area (Å²) >= 11 is 2.09. The minimum Gasteiger partial charge on any atom is -0.508 e. The van der Waals surface area contributed by atoms with Gasteiger partial charge in [0.25, 0.3) is 0 Å². The lowest BCUT2D eigenvalue weighted by atomic mass is 10.0. The maximum atomic E-state index is 13.2. The lowest BCUT2D eigenvalue weighted by Gasteiger charge is -2.27. The van der Waals surface area contributed by atoms with E-state index in [0.29, 0.717) is 34.3 Å². The van der Waals surface area contributed by atoms with Crippen LogP contribution in [0.15, 0.2) is 103 Å². The minimum absolute atomic E-state index is 0.0898. The van der Waals surface area contributed by atoms with Crippen LogP contribution < -0.4 is 30.6 Å². The summed E-state index contributed by atoms with van der Waals surface area (Å²) in [4.78, 5) is 26.1. The van der Waals surface area contributed by atoms with Gasteiger partial charge in [-0.05, 0) is 83.3 Å². The number of carbonyl (C=O) groups is 2. The van der Waals surface area contributed by atoms with E-state index in [-0.39, 0.29) is 18.1 Å². The highest BCUT2D eigenvalue weighted by Gasteiger charge is 2.30. The van der Waals surface area contributed by atoms with Crippen molar-refractivity contribution in [3.05, 3.63) is 112 Å². The largest absolute Gasteiger partial charge is 0.508 e. The predicted molar refractivity (Wildman–Crippen MR) is 166 cm³/mol. The zero-order chi connectivity index (χ0) is 29.5. The van der Waals surface area contributed by atoms with Crippen LogP contribution in [0.2, 0.25) is 0 Å². The Hall–Kier alpha value is -4.91. The van der Waals surface area contributed by atoms with Crippen LogP contribution in [0.5, 0.6) is 23.0 Å². The molecule has 0 fully saturated rings. The fraction of sp³-hybridized carbons (Fsp3) is 0.0968. The number of amides is 2. The molecule has 0 saturated carbocycles. The van der Waals surface area contributed by atoms with E-state index in [1.165, 1.54) is 18.2 Å². The fourth-order valence-electron chi connectivity index (χ4n) is 4.12. The van der Waals surface area contributed by atoms with Gasteiger partial charge in [-0.25, -0.2) is 4.79 Å². The number of carbonyl (C=O) groups excluding carboxylic acids is 2. The van der Waals surface area contributed by atoms with Crippen molar-refractivity contribution in [2.24, 2.45) is 0 Å². The zero-order valence-corrected chi connectivity index (χ0v) is 24.2. The van der Waals surface area contributed by atoms with Crippen molar-refractivity contribution < 1.29 is 33.6 Å². The van der Waals surface area contributed by atoms with E-state index >= 15 is 0 Å². The van der Waals surface area contributed by atoms with Gasteiger partial charge in [0, 0.05) is 27.0 Å². The van der Waals surface area contributed by atoms with Crippen molar-refractivity contribution >= 4 is 51.7 Å². The van der Waals surface area contributed by atoms with Crippen molar-refractivity contribution in [2.75, 3.05) is 23.2 Å². The molecular formula is C31H26IN3O7. The number of rotatable bonds is 9. The number of anilines is 3. The lowest BCUT2D eigenvalue weighted by Crippen LogP contribution is -2.30. The summed E-state index contributed by atoms with van der Waals surface area (Å²) in [5.41, 5.74) is 7.49. The highest BCUT2D eigenvalue weighted by Crippen LogP contribution is 2.36. The number of para-hydroxylation sites is 3. The van der Waals surface area contributed by atoms with E-state index in [4.69, 9.17) is 24.7 Å². The Morgan fingerprint density at radius 1 is 0.929 bits per heavy atom. The van der Waals surface area contributed by atoms with Crippen molar-refractivity contribution in [2.45, 2.75) is 12.2 Å². The Morgan fingerprint density at radius 3 is 2.50 bits per heavy atom. The van der Waals surface area contributed by atoms with Crippen LogP contribution in [-0.2, 0) is 9.53 Å². The van der Waals surface area contributed by atoms with Gasteiger partial charge >= 0.3 is 6.09 Å². The predicted octanol–water partition coefficient (Wildman–Crippen LogP) is 6.24. The summed E-state index contributed by atoms with van der Waals surface area (Å²) in [5, 5.41) is 16.2. The van der Waals surface area contributed by atoms with Gasteiger partial charge in [0.05, 0.1) is 11.4 Å². The first kappa shape index (κ1) is 28.6. The van der Waals surface area contributed by atoms with Crippen LogP contribution in [-0.4, -0.2) is 30.0 Å². The second-order valence-corrected chi connectivity index (χ2v) is 10.3. The van der Waals surface area contributed by atoms with Gasteiger partial charge in [-0.2, -0.15) is 0 Å². The number of hydrogen-bond donors (Lipinski definition) is 4. The zero-order valence-electron chi connectivity index (χ0n) is 22.0. The van der Waals surface area contributed by atoms with E-state index in [2.05, 4.69) is 33.2 Å². The number of halogens is 1. The highest BCUT2D eigenvalue weighted by molar-refractivity contribution is 14.1. The molecule has 1 aliphatic heterocycles. The number of hydrogen-bond acceptors (Lipinski definition) is 8. The van der Waals surface area contributed by atoms with Gasteiger partial charge in [-0.1, -0.05) is 30.3 Å². The molecule has 0 aliphatic carbocycles. The number of nitrogens with one attached hydrogen (secondary N) is 2. The van der Waals surface area contributed by atoms with Gasteiger partial charge < -0.3 is 35.1 Å². The van der Waals surface area contributed by atoms with Crippen LogP contribution in [0.4, 0.5) is 21.9 Å². The van der Waals surface area contributed by atoms with Crippen molar-refractivity contribution in [1.82, 2.24) is 0 Å². The summed E-state index contributed by atoms with van der Waals surface area (Å²) in [6.45, 7) is 0.0898. The summed E-state index contributed by atoms with van der Waals surface area (Å²) in [6, 6.07) is 25.5. The average Bonchev–Trinajstić information content (AvgIpc) is 3.45. The first-order valence-electron chi connectivity index (χ1n) is 12.8. The molecule has 0 unspecified atom stereocenters. The Balaban J connectivity index is 1.45. The topological polar surface area (TPSA) is 141 Å². The molecule has 0 aromatic heterocycles. The number of fused-ring (bicyclic) bond motifs is 1. The minimum atomic E-state index is -1.18. The first-order valence-corrected chi connectivity index (χ1v) is 13.8. The molecule has 0 spiro atoms. The second kappa shape index (κ2) is 13.2. The van der Waals surface area contributed by atoms with E-state index in [9.17, 15) is 14.7 Å². The Labute approximate surface area is 255 Å². The standard InChI is InChI=1S/C31H26IN3O7/c32-19-10-12-25(36)22(16-19)30(42-31(38)34-20-11-13-26-28(17-20)40-18-39-26)27(41-21-6-2-1-3-7-21)14-15-29(37)35-24-9-5-4-8-23(24)33/h1-17,27,30,36H,18,33H2,(H,34,38)(H,35,37)/b15-14+/t27-,30-/m0/s1. The first-order chi connectivity index (χ1) is 20.4. The molecule has 10 nitrogen and oxygen atoms in total. The third-order valence-electron chi connectivity index (χ3n) is 6.12. The quantitative estimate of drug-likeness (QED) is 0.0926. The lowest BCUT2D eigenvalue weighted by molar-refractivity contribution is -0.112. The summed E-state index contributed by atoms with van der Waals surface area (Å²) in [6.07, 6.45) is -0.331. The molecule has 42 heavy (non-hydrogen) atoms. The van der Waals surface area contributed by atoms with Crippen molar-refractivity contribution in [3.63, 3.8) is 0 Å². The SMILES string of the molecule is Nc1ccccc1NC(=O)/C=C/[C@H](Oc1ccccc1)[C@@H](OC(=O)Nc1ccc2c(c1)OCO2)c1cc(I)ccc1O. The van der Waals surface area contributed by atoms with Crippen LogP contribution in [0.3, 0.4) is 0 Å². The molecule has 0 saturated heterocycles. The molecule has 0 radical (unpaired) electrons. The number of nitrogens with two attached hydrogens (primary N) is 1. The number of phenolic OH excluding ortho intramolecular Hbond substituents is 1. The van der Waals surface area contributed by atoms with E-state index in [0.717, 1.165) is 3.57 Å². The van der Waals surface area contributed by atoms with E-state index in [1.54, 1.807) is 78.9 Å². The van der Waals surface area contributed by atoms with Gasteiger partial charge in [0.2, 0.25) is 12.7 Å². The Bertz CT molecular complexity index is 1610. The van der Waals surface area contributed by atoms with Crippen LogP contribution in [0, 0.1) is 3.57 Å².